The molecule has 1 fully saturated rings. The molecule has 12 nitrogen and oxygen atoms in total. The Balaban J connectivity index is 0.00000320. The molecule has 1 saturated heterocycles. The van der Waals surface area contributed by atoms with Crippen LogP contribution in [-0.4, -0.2) is 128 Å². The number of fused-ring (bicyclic) bond motifs is 1. The van der Waals surface area contributed by atoms with E-state index in [1.54, 1.807) is 36.2 Å². The molecule has 5 heterocycles. The van der Waals surface area contributed by atoms with Crippen molar-refractivity contribution in [3.63, 3.8) is 0 Å². The van der Waals surface area contributed by atoms with Gasteiger partial charge in [-0.1, -0.05) is 0 Å². The van der Waals surface area contributed by atoms with E-state index in [0.29, 0.717) is 37.4 Å². The monoisotopic (exact) mass is 548 g/mol. The molecule has 188 valence electrons. The van der Waals surface area contributed by atoms with Crippen LogP contribution >= 0.6 is 11.3 Å². The van der Waals surface area contributed by atoms with Crippen LogP contribution in [0.1, 0.15) is 15.2 Å². The Hall–Kier alpha value is -2.30. The van der Waals surface area contributed by atoms with Gasteiger partial charge in [-0.2, -0.15) is 0 Å². The Morgan fingerprint density at radius 1 is 1.19 bits per heavy atom. The summed E-state index contributed by atoms with van der Waals surface area (Å²) in [6, 6.07) is 5.74. The summed E-state index contributed by atoms with van der Waals surface area (Å²) < 4.78 is 11.7. The first-order valence-electron chi connectivity index (χ1n) is 11.2. The first kappa shape index (κ1) is 27.7. The Morgan fingerprint density at radius 3 is 2.59 bits per heavy atom. The molecule has 5 rings (SSSR count). The second kappa shape index (κ2) is 12.5. The first-order valence-corrected chi connectivity index (χ1v) is 12.0. The fraction of sp³-hybridized carbons (Fsp3) is 0.304. The zero-order valence-corrected chi connectivity index (χ0v) is 20.5. The summed E-state index contributed by atoms with van der Waals surface area (Å²) in [4.78, 5) is 39.2. The van der Waals surface area contributed by atoms with Gasteiger partial charge < -0.3 is 19.3 Å². The van der Waals surface area contributed by atoms with Crippen molar-refractivity contribution in [2.45, 2.75) is 6.54 Å². The van der Waals surface area contributed by atoms with Crippen molar-refractivity contribution < 1.29 is 19.5 Å². The van der Waals surface area contributed by atoms with Crippen LogP contribution in [0.5, 0.6) is 5.88 Å². The van der Waals surface area contributed by atoms with Gasteiger partial charge in [0, 0.05) is 55.2 Å². The summed E-state index contributed by atoms with van der Waals surface area (Å²) in [5.41, 5.74) is 3.39. The fourth-order valence-corrected chi connectivity index (χ4v) is 4.96. The standard InChI is InChI=1S/C23H24N8O4S.K.H/c1-30(23-25-11-15(12-26-23)22(32)29-33)13-16-9-17-19(36-16)21(31-5-7-35-8-6-31)28-20(27-17)14-3-4-18(34-2)24-10-14;;/h3-4,9-12,33H,5-8,13H2,1-2H3,(H,29,32);;. The van der Waals surface area contributed by atoms with Crippen LogP contribution in [0.4, 0.5) is 11.8 Å². The molecule has 0 aromatic carbocycles. The van der Waals surface area contributed by atoms with E-state index >= 15 is 0 Å². The molecule has 4 aromatic rings. The van der Waals surface area contributed by atoms with Gasteiger partial charge in [0.1, 0.15) is 0 Å². The number of methoxy groups -OCH3 is 1. The van der Waals surface area contributed by atoms with Crippen LogP contribution in [0.15, 0.2) is 36.8 Å². The number of carbonyl (C=O) groups is 1. The summed E-state index contributed by atoms with van der Waals surface area (Å²) in [6.45, 7) is 3.33. The van der Waals surface area contributed by atoms with Crippen molar-refractivity contribution in [1.82, 2.24) is 30.4 Å². The summed E-state index contributed by atoms with van der Waals surface area (Å²) in [5, 5.41) is 8.77. The fourth-order valence-electron chi connectivity index (χ4n) is 3.80. The van der Waals surface area contributed by atoms with E-state index in [1.165, 1.54) is 12.4 Å². The average molecular weight is 549 g/mol. The Kier molecular flexibility index (Phi) is 9.36. The number of nitrogens with zero attached hydrogens (tertiary/aromatic N) is 7. The van der Waals surface area contributed by atoms with Crippen molar-refractivity contribution in [2.24, 2.45) is 0 Å². The molecule has 0 aliphatic carbocycles. The minimum atomic E-state index is -0.661. The second-order valence-corrected chi connectivity index (χ2v) is 9.19. The van der Waals surface area contributed by atoms with Gasteiger partial charge in [0.05, 0.1) is 42.6 Å². The van der Waals surface area contributed by atoms with Gasteiger partial charge in [-0.15, -0.1) is 11.3 Å². The molecule has 14 heteroatoms. The summed E-state index contributed by atoms with van der Waals surface area (Å²) in [7, 11) is 3.45. The molecule has 0 unspecified atom stereocenters. The van der Waals surface area contributed by atoms with Gasteiger partial charge in [-0.05, 0) is 12.1 Å². The molecule has 0 radical (unpaired) electrons. The number of thiophene rings is 1. The number of nitrogens with one attached hydrogen (secondary N) is 1. The number of morpholine rings is 1. The summed E-state index contributed by atoms with van der Waals surface area (Å²) in [5.74, 6) is 1.79. The number of amides is 1. The molecule has 0 atom stereocenters. The number of hydrogen-bond donors (Lipinski definition) is 2. The third kappa shape index (κ3) is 6.23. The number of aromatic nitrogens is 5. The van der Waals surface area contributed by atoms with Gasteiger partial charge in [0.25, 0.3) is 5.91 Å². The summed E-state index contributed by atoms with van der Waals surface area (Å²) in [6.07, 6.45) is 4.45. The molecular formula is C23H25KN8O4S. The number of rotatable bonds is 7. The second-order valence-electron chi connectivity index (χ2n) is 8.06. The molecule has 4 aromatic heterocycles. The van der Waals surface area contributed by atoms with Gasteiger partial charge >= 0.3 is 51.4 Å². The average Bonchev–Trinajstić information content (AvgIpc) is 3.35. The number of ether oxygens (including phenoxy) is 2. The Morgan fingerprint density at radius 2 is 1.95 bits per heavy atom. The van der Waals surface area contributed by atoms with E-state index in [0.717, 1.165) is 39.6 Å². The molecule has 0 spiro atoms. The van der Waals surface area contributed by atoms with Crippen LogP contribution in [0.2, 0.25) is 0 Å². The first-order chi connectivity index (χ1) is 17.6. The zero-order valence-electron chi connectivity index (χ0n) is 19.7. The van der Waals surface area contributed by atoms with Crippen molar-refractivity contribution in [3.05, 3.63) is 47.2 Å². The number of carbonyl (C=O) groups excluding carboxylic acids is 1. The van der Waals surface area contributed by atoms with E-state index in [4.69, 9.17) is 24.6 Å². The van der Waals surface area contributed by atoms with E-state index in [2.05, 4.69) is 25.9 Å². The summed E-state index contributed by atoms with van der Waals surface area (Å²) >= 11 is 1.62. The molecule has 37 heavy (non-hydrogen) atoms. The predicted molar refractivity (Wildman–Crippen MR) is 141 cm³/mol. The van der Waals surface area contributed by atoms with E-state index in [9.17, 15) is 4.79 Å². The van der Waals surface area contributed by atoms with Gasteiger partial charge in [0.2, 0.25) is 11.8 Å². The minimum absolute atomic E-state index is 0. The molecule has 1 amide bonds. The van der Waals surface area contributed by atoms with Crippen LogP contribution in [0.25, 0.3) is 21.6 Å². The number of anilines is 2. The number of pyridine rings is 1. The normalized spacial score (nSPS) is 13.2. The molecule has 2 N–H and O–H groups in total. The SMILES string of the molecule is COc1ccc(-c2nc(N3CCOCC3)c3sc(CN(C)c4ncc(C(=O)NO)cn4)cc3n2)cn1.[KH]. The molecule has 0 bridgehead atoms. The zero-order chi connectivity index (χ0) is 25.1. The van der Waals surface area contributed by atoms with Crippen molar-refractivity contribution in [1.29, 1.82) is 0 Å². The van der Waals surface area contributed by atoms with E-state index in [-0.39, 0.29) is 56.9 Å². The molecule has 1 aliphatic rings. The predicted octanol–water partition coefficient (Wildman–Crippen LogP) is 1.50. The van der Waals surface area contributed by atoms with Crippen molar-refractivity contribution in [3.8, 4) is 17.3 Å². The Labute approximate surface area is 259 Å². The molecule has 1 aliphatic heterocycles. The van der Waals surface area contributed by atoms with Gasteiger partial charge in [0.15, 0.2) is 11.6 Å². The molecule has 0 saturated carbocycles. The van der Waals surface area contributed by atoms with Gasteiger partial charge in [-0.3, -0.25) is 10.0 Å². The maximum atomic E-state index is 11.5. The van der Waals surface area contributed by atoms with Crippen molar-refractivity contribution in [2.75, 3.05) is 50.3 Å². The Bertz CT molecular complexity index is 1360. The van der Waals surface area contributed by atoms with Crippen LogP contribution < -0.4 is 20.0 Å². The quantitative estimate of drug-likeness (QED) is 0.197. The number of hydrogen-bond acceptors (Lipinski definition) is 12. The van der Waals surface area contributed by atoms with Crippen molar-refractivity contribution >= 4 is 90.6 Å². The van der Waals surface area contributed by atoms with Crippen LogP contribution in [0, 0.1) is 0 Å². The topological polar surface area (TPSA) is 139 Å². The van der Waals surface area contributed by atoms with Crippen LogP contribution in [-0.2, 0) is 11.3 Å². The molecular weight excluding hydrogens is 523 g/mol. The van der Waals surface area contributed by atoms with Crippen LogP contribution in [0.3, 0.4) is 0 Å². The third-order valence-corrected chi connectivity index (χ3v) is 6.76. The van der Waals surface area contributed by atoms with Gasteiger partial charge in [-0.25, -0.2) is 30.4 Å². The maximum absolute atomic E-state index is 11.5. The van der Waals surface area contributed by atoms with E-state index in [1.807, 2.05) is 18.0 Å². The number of hydroxylamine groups is 1. The third-order valence-electron chi connectivity index (χ3n) is 5.66. The van der Waals surface area contributed by atoms with E-state index < -0.39 is 5.91 Å².